The molecule has 5 rings (SSSR count). The monoisotopic (exact) mass is 625 g/mol. The first-order valence-corrected chi connectivity index (χ1v) is 15.2. The van der Waals surface area contributed by atoms with Gasteiger partial charge in [0.05, 0.1) is 33.9 Å². The number of nitrogens with zero attached hydrogens (tertiary/aromatic N) is 3. The van der Waals surface area contributed by atoms with Crippen LogP contribution in [0.2, 0.25) is 0 Å². The number of para-hydroxylation sites is 2. The first-order chi connectivity index (χ1) is 22.4. The van der Waals surface area contributed by atoms with Crippen LogP contribution in [0.25, 0.3) is 0 Å². The van der Waals surface area contributed by atoms with Gasteiger partial charge >= 0.3 is 0 Å². The Balaban J connectivity index is 1.33. The molecular weight excluding hydrogens is 590 g/mol. The molecule has 0 aliphatic carbocycles. The summed E-state index contributed by atoms with van der Waals surface area (Å²) >= 11 is 0. The molecule has 12 heteroatoms. The van der Waals surface area contributed by atoms with Crippen LogP contribution >= 0.6 is 0 Å². The van der Waals surface area contributed by atoms with Crippen LogP contribution in [0, 0.1) is 20.2 Å². The highest BCUT2D eigenvalue weighted by molar-refractivity contribution is 5.88. The third-order valence-electron chi connectivity index (χ3n) is 7.33. The van der Waals surface area contributed by atoms with Crippen LogP contribution in [0.15, 0.2) is 83.9 Å². The number of unbranched alkanes of at least 4 members (excludes halogenated alkanes) is 5. The summed E-state index contributed by atoms with van der Waals surface area (Å²) in [5.74, 6) is 1.96. The predicted octanol–water partition coefficient (Wildman–Crippen LogP) is 9.21. The first kappa shape index (κ1) is 31.8. The summed E-state index contributed by atoms with van der Waals surface area (Å²) in [5.41, 5.74) is 1.55. The smallest absolute Gasteiger partial charge is 0.299 e. The standard InChI is InChI=1S/C34H35N5O7/c1-2-3-4-5-6-9-18-44-26-15-13-25(14-16-26)36-29-20-30(32(39(42)43)21-31(29)38(40)41)37-28-11-8-7-10-27(28)35-22-24-12-17-33-34(19-24)46-23-45-33/h7-8,10-17,19-22,36-37H,2-6,9,18,23H2,1H3. The quantitative estimate of drug-likeness (QED) is 0.0537. The molecule has 46 heavy (non-hydrogen) atoms. The lowest BCUT2D eigenvalue weighted by molar-refractivity contribution is -0.393. The molecule has 0 amide bonds. The summed E-state index contributed by atoms with van der Waals surface area (Å²) in [7, 11) is 0. The lowest BCUT2D eigenvalue weighted by Crippen LogP contribution is -2.03. The van der Waals surface area contributed by atoms with Crippen LogP contribution in [0.4, 0.5) is 39.8 Å². The van der Waals surface area contributed by atoms with Crippen molar-refractivity contribution in [2.45, 2.75) is 45.4 Å². The fraction of sp³-hybridized carbons (Fsp3) is 0.265. The molecule has 238 valence electrons. The number of hydrogen-bond acceptors (Lipinski definition) is 10. The zero-order valence-electron chi connectivity index (χ0n) is 25.4. The van der Waals surface area contributed by atoms with Crippen LogP contribution < -0.4 is 24.8 Å². The molecular formula is C34H35N5O7. The van der Waals surface area contributed by atoms with E-state index >= 15 is 0 Å². The van der Waals surface area contributed by atoms with Crippen LogP contribution in [-0.4, -0.2) is 29.5 Å². The molecule has 1 aliphatic heterocycles. The first-order valence-electron chi connectivity index (χ1n) is 15.2. The molecule has 0 spiro atoms. The Hall–Kier alpha value is -5.65. The highest BCUT2D eigenvalue weighted by Crippen LogP contribution is 2.40. The Labute approximate surface area is 266 Å². The topological polar surface area (TPSA) is 150 Å². The number of nitro benzene ring substituents is 2. The molecule has 2 N–H and O–H groups in total. The van der Waals surface area contributed by atoms with E-state index in [-0.39, 0.29) is 18.2 Å². The van der Waals surface area contributed by atoms with Gasteiger partial charge in [0.25, 0.3) is 11.4 Å². The second kappa shape index (κ2) is 15.4. The van der Waals surface area contributed by atoms with Crippen molar-refractivity contribution in [2.24, 2.45) is 4.99 Å². The molecule has 12 nitrogen and oxygen atoms in total. The second-order valence-electron chi connectivity index (χ2n) is 10.7. The Morgan fingerprint density at radius 3 is 2.24 bits per heavy atom. The van der Waals surface area contributed by atoms with Crippen molar-refractivity contribution in [3.8, 4) is 17.2 Å². The predicted molar refractivity (Wildman–Crippen MR) is 178 cm³/mol. The lowest BCUT2D eigenvalue weighted by Gasteiger charge is -2.13. The zero-order chi connectivity index (χ0) is 32.3. The molecule has 0 saturated heterocycles. The van der Waals surface area contributed by atoms with Gasteiger partial charge in [-0.3, -0.25) is 25.2 Å². The minimum absolute atomic E-state index is 0.0581. The Morgan fingerprint density at radius 1 is 0.783 bits per heavy atom. The van der Waals surface area contributed by atoms with Gasteiger partial charge < -0.3 is 24.8 Å². The Morgan fingerprint density at radius 2 is 1.48 bits per heavy atom. The average Bonchev–Trinajstić information content (AvgIpc) is 3.53. The van der Waals surface area contributed by atoms with Gasteiger partial charge in [0.15, 0.2) is 11.5 Å². The normalized spacial score (nSPS) is 11.8. The van der Waals surface area contributed by atoms with E-state index in [4.69, 9.17) is 14.2 Å². The minimum atomic E-state index is -0.659. The molecule has 0 atom stereocenters. The van der Waals surface area contributed by atoms with Gasteiger partial charge in [-0.2, -0.15) is 0 Å². The maximum absolute atomic E-state index is 12.0. The molecule has 0 fully saturated rings. The maximum Gasteiger partial charge on any atom is 0.299 e. The van der Waals surface area contributed by atoms with Crippen LogP contribution in [0.1, 0.15) is 51.0 Å². The number of anilines is 4. The molecule has 1 heterocycles. The van der Waals surface area contributed by atoms with Crippen LogP contribution in [0.3, 0.4) is 0 Å². The second-order valence-corrected chi connectivity index (χ2v) is 10.7. The number of rotatable bonds is 16. The third kappa shape index (κ3) is 8.29. The molecule has 0 bridgehead atoms. The third-order valence-corrected chi connectivity index (χ3v) is 7.33. The number of nitro groups is 2. The summed E-state index contributed by atoms with van der Waals surface area (Å²) in [6, 6.07) is 21.8. The Kier molecular flexibility index (Phi) is 10.6. The van der Waals surface area contributed by atoms with Crippen molar-refractivity contribution in [2.75, 3.05) is 24.0 Å². The van der Waals surface area contributed by atoms with Gasteiger partial charge in [0.1, 0.15) is 17.1 Å². The number of benzene rings is 4. The van der Waals surface area contributed by atoms with Gasteiger partial charge in [0.2, 0.25) is 6.79 Å². The molecule has 4 aromatic carbocycles. The van der Waals surface area contributed by atoms with Gasteiger partial charge in [-0.1, -0.05) is 51.2 Å². The summed E-state index contributed by atoms with van der Waals surface area (Å²) < 4.78 is 16.6. The highest BCUT2D eigenvalue weighted by Gasteiger charge is 2.25. The molecule has 1 aliphatic rings. The maximum atomic E-state index is 12.0. The summed E-state index contributed by atoms with van der Waals surface area (Å²) in [4.78, 5) is 27.2. The van der Waals surface area contributed by atoms with Crippen molar-refractivity contribution in [3.63, 3.8) is 0 Å². The molecule has 4 aromatic rings. The van der Waals surface area contributed by atoms with Crippen molar-refractivity contribution in [3.05, 3.63) is 105 Å². The number of hydrogen-bond donors (Lipinski definition) is 2. The largest absolute Gasteiger partial charge is 0.494 e. The molecule has 0 saturated carbocycles. The lowest BCUT2D eigenvalue weighted by atomic mass is 10.1. The van der Waals surface area contributed by atoms with Gasteiger partial charge in [-0.05, 0) is 72.6 Å². The van der Waals surface area contributed by atoms with E-state index in [0.29, 0.717) is 40.9 Å². The summed E-state index contributed by atoms with van der Waals surface area (Å²) in [6.45, 7) is 2.97. The molecule has 0 radical (unpaired) electrons. The summed E-state index contributed by atoms with van der Waals surface area (Å²) in [5, 5.41) is 30.1. The van der Waals surface area contributed by atoms with Crippen molar-refractivity contribution >= 4 is 46.0 Å². The Bertz CT molecular complexity index is 1710. The average molecular weight is 626 g/mol. The van der Waals surface area contributed by atoms with E-state index in [1.165, 1.54) is 31.7 Å². The van der Waals surface area contributed by atoms with Crippen molar-refractivity contribution < 1.29 is 24.1 Å². The molecule has 0 unspecified atom stereocenters. The molecule has 0 aromatic heterocycles. The van der Waals surface area contributed by atoms with Gasteiger partial charge in [-0.15, -0.1) is 0 Å². The fourth-order valence-electron chi connectivity index (χ4n) is 4.92. The van der Waals surface area contributed by atoms with E-state index in [9.17, 15) is 20.2 Å². The van der Waals surface area contributed by atoms with E-state index in [0.717, 1.165) is 24.5 Å². The van der Waals surface area contributed by atoms with E-state index < -0.39 is 21.2 Å². The van der Waals surface area contributed by atoms with E-state index in [2.05, 4.69) is 22.5 Å². The van der Waals surface area contributed by atoms with Crippen molar-refractivity contribution in [1.29, 1.82) is 0 Å². The fourth-order valence-corrected chi connectivity index (χ4v) is 4.92. The van der Waals surface area contributed by atoms with E-state index in [1.54, 1.807) is 66.9 Å². The van der Waals surface area contributed by atoms with Crippen LogP contribution in [0.5, 0.6) is 17.2 Å². The zero-order valence-corrected chi connectivity index (χ0v) is 25.4. The van der Waals surface area contributed by atoms with Gasteiger partial charge in [-0.25, -0.2) is 0 Å². The SMILES string of the molecule is CCCCCCCCOc1ccc(Nc2cc(Nc3ccccc3N=Cc3ccc4c(c3)OCO4)c([N+](=O)[O-])cc2[N+](=O)[O-])cc1. The highest BCUT2D eigenvalue weighted by atomic mass is 16.7. The number of nitrogens with one attached hydrogen (secondary N) is 2. The summed E-state index contributed by atoms with van der Waals surface area (Å²) in [6.07, 6.45) is 8.64. The van der Waals surface area contributed by atoms with Crippen molar-refractivity contribution in [1.82, 2.24) is 0 Å². The van der Waals surface area contributed by atoms with E-state index in [1.807, 2.05) is 6.07 Å². The van der Waals surface area contributed by atoms with Crippen LogP contribution in [-0.2, 0) is 0 Å². The number of fused-ring (bicyclic) bond motifs is 1. The number of ether oxygens (including phenoxy) is 3. The van der Waals surface area contributed by atoms with Gasteiger partial charge in [0, 0.05) is 11.9 Å². The number of aliphatic imine (C=N–C) groups is 1. The minimum Gasteiger partial charge on any atom is -0.494 e.